The van der Waals surface area contributed by atoms with Crippen molar-refractivity contribution in [1.82, 2.24) is 0 Å². The smallest absolute Gasteiger partial charge is 0.330 e. The lowest BCUT2D eigenvalue weighted by Crippen LogP contribution is -2.39. The van der Waals surface area contributed by atoms with Gasteiger partial charge in [-0.25, -0.2) is 4.79 Å². The first-order valence-corrected chi connectivity index (χ1v) is 11.6. The van der Waals surface area contributed by atoms with Crippen LogP contribution in [0.2, 0.25) is 0 Å². The lowest BCUT2D eigenvalue weighted by atomic mass is 9.74. The SMILES string of the molecule is CCOC(=O)C=C(C)C=C[C@@H]1C[C@]1(C)C1Oc2c(Cc3ccccc3)cccc2C1(C)C. The van der Waals surface area contributed by atoms with E-state index < -0.39 is 0 Å². The molecule has 1 saturated carbocycles. The number of fused-ring (bicyclic) bond motifs is 1. The van der Waals surface area contributed by atoms with Gasteiger partial charge in [0.1, 0.15) is 11.9 Å². The van der Waals surface area contributed by atoms with Gasteiger partial charge in [0.15, 0.2) is 0 Å². The number of carbonyl (C=O) groups is 1. The Balaban J connectivity index is 1.52. The van der Waals surface area contributed by atoms with E-state index in [1.54, 1.807) is 6.08 Å². The lowest BCUT2D eigenvalue weighted by molar-refractivity contribution is -0.137. The maximum atomic E-state index is 11.7. The van der Waals surface area contributed by atoms with Crippen molar-refractivity contribution in [2.75, 3.05) is 6.61 Å². The van der Waals surface area contributed by atoms with Gasteiger partial charge < -0.3 is 9.47 Å². The summed E-state index contributed by atoms with van der Waals surface area (Å²) >= 11 is 0. The number of para-hydroxylation sites is 1. The van der Waals surface area contributed by atoms with Crippen molar-refractivity contribution in [1.29, 1.82) is 0 Å². The van der Waals surface area contributed by atoms with Gasteiger partial charge >= 0.3 is 5.97 Å². The minimum Gasteiger partial charge on any atom is -0.488 e. The van der Waals surface area contributed by atoms with Crippen LogP contribution in [0.1, 0.15) is 57.7 Å². The van der Waals surface area contributed by atoms with E-state index in [1.807, 2.05) is 19.9 Å². The van der Waals surface area contributed by atoms with Crippen LogP contribution in [0.5, 0.6) is 5.75 Å². The number of ether oxygens (including phenoxy) is 2. The molecule has 0 aromatic heterocycles. The summed E-state index contributed by atoms with van der Waals surface area (Å²) in [7, 11) is 0. The molecule has 1 aliphatic carbocycles. The Kier molecular flexibility index (Phi) is 6.03. The second-order valence-electron chi connectivity index (χ2n) is 9.99. The number of allylic oxidation sites excluding steroid dienone is 3. The molecule has 4 rings (SSSR count). The molecule has 0 N–H and O–H groups in total. The van der Waals surface area contributed by atoms with Gasteiger partial charge in [0.05, 0.1) is 6.61 Å². The molecule has 0 saturated heterocycles. The summed E-state index contributed by atoms with van der Waals surface area (Å²) in [4.78, 5) is 11.7. The average Bonchev–Trinajstić information content (AvgIpc) is 3.32. The number of benzene rings is 2. The fourth-order valence-corrected chi connectivity index (χ4v) is 5.24. The third-order valence-corrected chi connectivity index (χ3v) is 7.09. The van der Waals surface area contributed by atoms with E-state index in [2.05, 4.69) is 75.4 Å². The van der Waals surface area contributed by atoms with Crippen LogP contribution >= 0.6 is 0 Å². The summed E-state index contributed by atoms with van der Waals surface area (Å²) in [6.07, 6.45) is 7.92. The molecule has 0 bridgehead atoms. The highest BCUT2D eigenvalue weighted by Gasteiger charge is 2.62. The molecule has 0 amide bonds. The highest BCUT2D eigenvalue weighted by Crippen LogP contribution is 2.63. The largest absolute Gasteiger partial charge is 0.488 e. The zero-order chi connectivity index (χ0) is 22.9. The van der Waals surface area contributed by atoms with Crippen LogP contribution in [0, 0.1) is 11.3 Å². The molecule has 3 heteroatoms. The van der Waals surface area contributed by atoms with E-state index in [1.165, 1.54) is 16.7 Å². The molecule has 3 atom stereocenters. The van der Waals surface area contributed by atoms with E-state index >= 15 is 0 Å². The predicted octanol–water partition coefficient (Wildman–Crippen LogP) is 6.41. The summed E-state index contributed by atoms with van der Waals surface area (Å²) in [5.41, 5.74) is 4.80. The van der Waals surface area contributed by atoms with Crippen LogP contribution in [0.15, 0.2) is 72.3 Å². The van der Waals surface area contributed by atoms with Gasteiger partial charge in [0.2, 0.25) is 0 Å². The molecule has 2 aromatic carbocycles. The molecule has 3 nitrogen and oxygen atoms in total. The van der Waals surface area contributed by atoms with Gasteiger partial charge in [0.25, 0.3) is 0 Å². The molecule has 0 radical (unpaired) electrons. The van der Waals surface area contributed by atoms with Crippen molar-refractivity contribution in [2.45, 2.75) is 59.0 Å². The van der Waals surface area contributed by atoms with Crippen LogP contribution in [0.3, 0.4) is 0 Å². The van der Waals surface area contributed by atoms with Gasteiger partial charge in [-0.05, 0) is 42.9 Å². The molecule has 1 aliphatic heterocycles. The summed E-state index contributed by atoms with van der Waals surface area (Å²) in [6.45, 7) is 11.1. The quantitative estimate of drug-likeness (QED) is 0.289. The van der Waals surface area contributed by atoms with Gasteiger partial charge in [-0.15, -0.1) is 0 Å². The number of esters is 1. The first-order valence-electron chi connectivity index (χ1n) is 11.6. The standard InChI is InChI=1S/C29H34O3/c1-6-31-25(30)17-20(2)15-16-23-19-29(23,5)27-28(3,4)24-14-10-13-22(26(24)32-27)18-21-11-8-7-9-12-21/h7-17,23,27H,6,18-19H2,1-5H3/t23-,27?,29+/m1/s1. The van der Waals surface area contributed by atoms with Crippen LogP contribution in [-0.2, 0) is 21.4 Å². The molecule has 0 spiro atoms. The van der Waals surface area contributed by atoms with Crippen LogP contribution in [0.4, 0.5) is 0 Å². The Morgan fingerprint density at radius 2 is 1.88 bits per heavy atom. The van der Waals surface area contributed by atoms with Crippen molar-refractivity contribution in [3.05, 3.63) is 89.0 Å². The van der Waals surface area contributed by atoms with Crippen molar-refractivity contribution >= 4 is 5.97 Å². The predicted molar refractivity (Wildman–Crippen MR) is 129 cm³/mol. The molecule has 168 valence electrons. The third kappa shape index (κ3) is 4.26. The molecular formula is C29H34O3. The Morgan fingerprint density at radius 1 is 1.12 bits per heavy atom. The van der Waals surface area contributed by atoms with Crippen LogP contribution < -0.4 is 4.74 Å². The molecule has 1 unspecified atom stereocenters. The van der Waals surface area contributed by atoms with Gasteiger partial charge in [0, 0.05) is 28.9 Å². The molecule has 2 aliphatic rings. The molecule has 2 aromatic rings. The Labute approximate surface area is 192 Å². The molecule has 1 heterocycles. The summed E-state index contributed by atoms with van der Waals surface area (Å²) < 4.78 is 11.8. The Bertz CT molecular complexity index is 1050. The Hall–Kier alpha value is -2.81. The normalized spacial score (nSPS) is 26.0. The zero-order valence-corrected chi connectivity index (χ0v) is 19.9. The number of carbonyl (C=O) groups excluding carboxylic acids is 1. The highest BCUT2D eigenvalue weighted by molar-refractivity contribution is 5.83. The first kappa shape index (κ1) is 22.4. The summed E-state index contributed by atoms with van der Waals surface area (Å²) in [5.74, 6) is 1.22. The zero-order valence-electron chi connectivity index (χ0n) is 19.9. The van der Waals surface area contributed by atoms with E-state index in [-0.39, 0.29) is 22.9 Å². The van der Waals surface area contributed by atoms with E-state index in [4.69, 9.17) is 9.47 Å². The van der Waals surface area contributed by atoms with Crippen molar-refractivity contribution in [2.24, 2.45) is 11.3 Å². The average molecular weight is 431 g/mol. The summed E-state index contributed by atoms with van der Waals surface area (Å²) in [6, 6.07) is 17.2. The number of hydrogen-bond donors (Lipinski definition) is 0. The van der Waals surface area contributed by atoms with E-state index in [0.717, 1.165) is 24.2 Å². The fraction of sp³-hybridized carbons (Fsp3) is 0.414. The minimum atomic E-state index is -0.283. The number of hydrogen-bond acceptors (Lipinski definition) is 3. The Morgan fingerprint density at radius 3 is 2.59 bits per heavy atom. The van der Waals surface area contributed by atoms with Gasteiger partial charge in [-0.1, -0.05) is 81.5 Å². The van der Waals surface area contributed by atoms with E-state index in [9.17, 15) is 4.79 Å². The topological polar surface area (TPSA) is 35.5 Å². The third-order valence-electron chi connectivity index (χ3n) is 7.09. The van der Waals surface area contributed by atoms with Crippen molar-refractivity contribution < 1.29 is 14.3 Å². The van der Waals surface area contributed by atoms with Crippen molar-refractivity contribution in [3.8, 4) is 5.75 Å². The van der Waals surface area contributed by atoms with E-state index in [0.29, 0.717) is 12.5 Å². The monoisotopic (exact) mass is 430 g/mol. The van der Waals surface area contributed by atoms with Crippen LogP contribution in [-0.4, -0.2) is 18.7 Å². The minimum absolute atomic E-state index is 0.0603. The number of rotatable bonds is 7. The second-order valence-corrected chi connectivity index (χ2v) is 9.99. The lowest BCUT2D eigenvalue weighted by Gasteiger charge is -2.31. The second kappa shape index (κ2) is 8.61. The maximum Gasteiger partial charge on any atom is 0.330 e. The maximum absolute atomic E-state index is 11.7. The highest BCUT2D eigenvalue weighted by atomic mass is 16.5. The fourth-order valence-electron chi connectivity index (χ4n) is 5.24. The summed E-state index contributed by atoms with van der Waals surface area (Å²) in [5, 5.41) is 0. The molecular weight excluding hydrogens is 396 g/mol. The van der Waals surface area contributed by atoms with Crippen LogP contribution in [0.25, 0.3) is 0 Å². The molecule has 1 fully saturated rings. The van der Waals surface area contributed by atoms with Gasteiger partial charge in [-0.3, -0.25) is 0 Å². The molecule has 32 heavy (non-hydrogen) atoms. The van der Waals surface area contributed by atoms with Crippen molar-refractivity contribution in [3.63, 3.8) is 0 Å². The first-order chi connectivity index (χ1) is 15.3. The van der Waals surface area contributed by atoms with Gasteiger partial charge in [-0.2, -0.15) is 0 Å².